The zero-order chi connectivity index (χ0) is 15.4. The highest BCUT2D eigenvalue weighted by molar-refractivity contribution is 6.04. The lowest BCUT2D eigenvalue weighted by Gasteiger charge is -2.29. The summed E-state index contributed by atoms with van der Waals surface area (Å²) >= 11 is 0. The van der Waals surface area contributed by atoms with Crippen molar-refractivity contribution in [2.45, 2.75) is 19.3 Å². The topological polar surface area (TPSA) is 45.2 Å². The predicted octanol–water partition coefficient (Wildman–Crippen LogP) is 3.46. The molecule has 0 aliphatic carbocycles. The fourth-order valence-corrected chi connectivity index (χ4v) is 2.68. The molecule has 0 saturated carbocycles. The Bertz CT molecular complexity index is 654. The summed E-state index contributed by atoms with van der Waals surface area (Å²) in [4.78, 5) is 18.0. The van der Waals surface area contributed by atoms with E-state index in [0.29, 0.717) is 16.9 Å². The lowest BCUT2D eigenvalue weighted by atomic mass is 10.1. The van der Waals surface area contributed by atoms with Crippen molar-refractivity contribution in [2.75, 3.05) is 23.3 Å². The Labute approximate surface area is 129 Å². The molecule has 1 amide bonds. The molecule has 0 bridgehead atoms. The maximum absolute atomic E-state index is 14.3. The molecule has 0 unspecified atom stereocenters. The number of carbonyl (C=O) groups excluding carboxylic acids is 1. The van der Waals surface area contributed by atoms with E-state index in [1.54, 1.807) is 30.5 Å². The van der Waals surface area contributed by atoms with Crippen LogP contribution in [0.1, 0.15) is 29.6 Å². The third-order valence-corrected chi connectivity index (χ3v) is 3.83. The Morgan fingerprint density at radius 1 is 1.18 bits per heavy atom. The third-order valence-electron chi connectivity index (χ3n) is 3.83. The van der Waals surface area contributed by atoms with Gasteiger partial charge >= 0.3 is 0 Å². The number of amides is 1. The molecule has 1 saturated heterocycles. The van der Waals surface area contributed by atoms with Gasteiger partial charge in [-0.15, -0.1) is 0 Å². The molecule has 0 atom stereocenters. The molecule has 1 fully saturated rings. The maximum atomic E-state index is 14.3. The molecule has 114 valence electrons. The number of hydrogen-bond acceptors (Lipinski definition) is 3. The molecule has 5 heteroatoms. The molecule has 22 heavy (non-hydrogen) atoms. The molecule has 0 radical (unpaired) electrons. The summed E-state index contributed by atoms with van der Waals surface area (Å²) in [5.41, 5.74) is 1.51. The number of nitrogens with one attached hydrogen (secondary N) is 1. The molecular weight excluding hydrogens is 281 g/mol. The van der Waals surface area contributed by atoms with Gasteiger partial charge in [0.2, 0.25) is 0 Å². The summed E-state index contributed by atoms with van der Waals surface area (Å²) in [7, 11) is 0. The van der Waals surface area contributed by atoms with E-state index in [2.05, 4.69) is 15.2 Å². The number of benzene rings is 1. The molecule has 2 aromatic rings. The van der Waals surface area contributed by atoms with Crippen LogP contribution in [0.4, 0.5) is 15.8 Å². The summed E-state index contributed by atoms with van der Waals surface area (Å²) in [6.07, 6.45) is 6.48. The van der Waals surface area contributed by atoms with Crippen LogP contribution in [0, 0.1) is 5.82 Å². The van der Waals surface area contributed by atoms with E-state index in [9.17, 15) is 9.18 Å². The van der Waals surface area contributed by atoms with E-state index in [0.717, 1.165) is 25.9 Å². The number of nitrogens with zero attached hydrogens (tertiary/aromatic N) is 2. The highest BCUT2D eigenvalue weighted by atomic mass is 19.1. The summed E-state index contributed by atoms with van der Waals surface area (Å²) in [6, 6.07) is 8.20. The largest absolute Gasteiger partial charge is 0.369 e. The van der Waals surface area contributed by atoms with Crippen molar-refractivity contribution in [1.82, 2.24) is 4.98 Å². The van der Waals surface area contributed by atoms with Crippen LogP contribution in [0.3, 0.4) is 0 Å². The molecule has 1 aromatic carbocycles. The fraction of sp³-hybridized carbons (Fsp3) is 0.294. The second kappa shape index (κ2) is 6.56. The molecule has 1 N–H and O–H groups in total. The van der Waals surface area contributed by atoms with Crippen LogP contribution < -0.4 is 10.2 Å². The van der Waals surface area contributed by atoms with Gasteiger partial charge in [-0.1, -0.05) is 0 Å². The van der Waals surface area contributed by atoms with Gasteiger partial charge in [-0.05, 0) is 49.6 Å². The van der Waals surface area contributed by atoms with E-state index in [-0.39, 0.29) is 11.7 Å². The van der Waals surface area contributed by atoms with Crippen molar-refractivity contribution in [2.24, 2.45) is 0 Å². The summed E-state index contributed by atoms with van der Waals surface area (Å²) in [6.45, 7) is 1.77. The van der Waals surface area contributed by atoms with Gasteiger partial charge in [-0.2, -0.15) is 0 Å². The van der Waals surface area contributed by atoms with Crippen LogP contribution in [0.15, 0.2) is 42.7 Å². The van der Waals surface area contributed by atoms with Crippen LogP contribution in [0.25, 0.3) is 0 Å². The first-order chi connectivity index (χ1) is 10.7. The van der Waals surface area contributed by atoms with Gasteiger partial charge in [0.1, 0.15) is 5.82 Å². The lowest BCUT2D eigenvalue weighted by Crippen LogP contribution is -2.30. The van der Waals surface area contributed by atoms with Crippen molar-refractivity contribution in [3.05, 3.63) is 54.1 Å². The quantitative estimate of drug-likeness (QED) is 0.944. The fourth-order valence-electron chi connectivity index (χ4n) is 2.68. The molecule has 1 aromatic heterocycles. The Hall–Kier alpha value is -2.43. The number of anilines is 2. The van der Waals surface area contributed by atoms with E-state index in [4.69, 9.17) is 0 Å². The summed E-state index contributed by atoms with van der Waals surface area (Å²) < 4.78 is 14.3. The molecule has 2 heterocycles. The van der Waals surface area contributed by atoms with E-state index < -0.39 is 0 Å². The van der Waals surface area contributed by atoms with E-state index in [1.807, 2.05) is 0 Å². The van der Waals surface area contributed by atoms with Gasteiger partial charge in [0.05, 0.1) is 11.3 Å². The van der Waals surface area contributed by atoms with Crippen LogP contribution in [0.2, 0.25) is 0 Å². The highest BCUT2D eigenvalue weighted by Crippen LogP contribution is 2.25. The number of pyridine rings is 1. The van der Waals surface area contributed by atoms with Crippen molar-refractivity contribution in [1.29, 1.82) is 0 Å². The SMILES string of the molecule is O=C(Nc1ccc(N2CCCCC2)c(F)c1)c1cccnc1. The number of halogens is 1. The summed E-state index contributed by atoms with van der Waals surface area (Å²) in [5, 5.41) is 2.69. The molecule has 1 aliphatic heterocycles. The van der Waals surface area contributed by atoms with Crippen molar-refractivity contribution >= 4 is 17.3 Å². The van der Waals surface area contributed by atoms with E-state index >= 15 is 0 Å². The minimum atomic E-state index is -0.300. The molecule has 1 aliphatic rings. The van der Waals surface area contributed by atoms with Gasteiger partial charge in [0.15, 0.2) is 0 Å². The molecular formula is C17H18FN3O. The number of aromatic nitrogens is 1. The number of hydrogen-bond donors (Lipinski definition) is 1. The van der Waals surface area contributed by atoms with Crippen LogP contribution >= 0.6 is 0 Å². The Morgan fingerprint density at radius 3 is 2.68 bits per heavy atom. The second-order valence-corrected chi connectivity index (χ2v) is 5.41. The van der Waals surface area contributed by atoms with Gasteiger partial charge < -0.3 is 10.2 Å². The van der Waals surface area contributed by atoms with E-state index in [1.165, 1.54) is 18.7 Å². The molecule has 3 rings (SSSR count). The monoisotopic (exact) mass is 299 g/mol. The molecule has 0 spiro atoms. The van der Waals surface area contributed by atoms with Crippen LogP contribution in [-0.2, 0) is 0 Å². The standard InChI is InChI=1S/C17H18FN3O/c18-15-11-14(20-17(22)13-5-4-8-19-12-13)6-7-16(15)21-9-2-1-3-10-21/h4-8,11-12H,1-3,9-10H2,(H,20,22). The van der Waals surface area contributed by atoms with Gasteiger partial charge in [0.25, 0.3) is 5.91 Å². The normalized spacial score (nSPS) is 14.7. The van der Waals surface area contributed by atoms with Crippen molar-refractivity contribution < 1.29 is 9.18 Å². The van der Waals surface area contributed by atoms with Gasteiger partial charge in [-0.25, -0.2) is 4.39 Å². The first kappa shape index (κ1) is 14.5. The zero-order valence-electron chi connectivity index (χ0n) is 12.3. The summed E-state index contributed by atoms with van der Waals surface area (Å²) in [5.74, 6) is -0.593. The number of rotatable bonds is 3. The second-order valence-electron chi connectivity index (χ2n) is 5.41. The smallest absolute Gasteiger partial charge is 0.257 e. The zero-order valence-corrected chi connectivity index (χ0v) is 12.3. The third kappa shape index (κ3) is 3.24. The number of carbonyl (C=O) groups is 1. The number of piperidine rings is 1. The molecule has 4 nitrogen and oxygen atoms in total. The highest BCUT2D eigenvalue weighted by Gasteiger charge is 2.15. The maximum Gasteiger partial charge on any atom is 0.257 e. The van der Waals surface area contributed by atoms with Crippen LogP contribution in [-0.4, -0.2) is 24.0 Å². The minimum absolute atomic E-state index is 0.293. The first-order valence-electron chi connectivity index (χ1n) is 7.50. The first-order valence-corrected chi connectivity index (χ1v) is 7.50. The lowest BCUT2D eigenvalue weighted by molar-refractivity contribution is 0.102. The Morgan fingerprint density at radius 2 is 2.00 bits per heavy atom. The Kier molecular flexibility index (Phi) is 4.32. The van der Waals surface area contributed by atoms with Crippen molar-refractivity contribution in [3.63, 3.8) is 0 Å². The Balaban J connectivity index is 1.73. The van der Waals surface area contributed by atoms with Gasteiger partial charge in [-0.3, -0.25) is 9.78 Å². The average molecular weight is 299 g/mol. The predicted molar refractivity (Wildman–Crippen MR) is 84.7 cm³/mol. The minimum Gasteiger partial charge on any atom is -0.369 e. The van der Waals surface area contributed by atoms with Crippen LogP contribution in [0.5, 0.6) is 0 Å². The van der Waals surface area contributed by atoms with Crippen molar-refractivity contribution in [3.8, 4) is 0 Å². The van der Waals surface area contributed by atoms with Gasteiger partial charge in [0, 0.05) is 31.2 Å². The average Bonchev–Trinajstić information content (AvgIpc) is 2.56.